The summed E-state index contributed by atoms with van der Waals surface area (Å²) < 4.78 is 39.4. The van der Waals surface area contributed by atoms with Crippen LogP contribution in [0.1, 0.15) is 48.4 Å². The molecule has 3 heterocycles. The summed E-state index contributed by atoms with van der Waals surface area (Å²) in [7, 11) is 0. The molecule has 1 aromatic carbocycles. The highest BCUT2D eigenvalue weighted by atomic mass is 32.1. The number of pyridine rings is 1. The van der Waals surface area contributed by atoms with Crippen molar-refractivity contribution in [1.82, 2.24) is 14.7 Å². The van der Waals surface area contributed by atoms with Gasteiger partial charge in [-0.25, -0.2) is 4.98 Å². The first kappa shape index (κ1) is 28.9. The van der Waals surface area contributed by atoms with Crippen molar-refractivity contribution in [2.45, 2.75) is 52.0 Å². The van der Waals surface area contributed by atoms with Crippen molar-refractivity contribution < 1.29 is 28.2 Å². The minimum absolute atomic E-state index is 0.0404. The second-order valence-corrected chi connectivity index (χ2v) is 11.0. The first-order valence-corrected chi connectivity index (χ1v) is 13.2. The number of carbonyl (C=O) groups excluding carboxylic acids is 1. The number of aliphatic hydroxyl groups excluding tert-OH is 1. The lowest BCUT2D eigenvalue weighted by molar-refractivity contribution is -0.117. The number of primary amides is 1. The van der Waals surface area contributed by atoms with Crippen LogP contribution in [-0.4, -0.2) is 39.2 Å². The van der Waals surface area contributed by atoms with Crippen LogP contribution in [0.4, 0.5) is 8.78 Å². The Balaban J connectivity index is 1.66. The molecule has 0 unspecified atom stereocenters. The molecule has 1 atom stereocenters. The van der Waals surface area contributed by atoms with Crippen molar-refractivity contribution in [3.05, 3.63) is 70.4 Å². The molecule has 4 rings (SSSR count). The molecular weight excluding hydrogens is 540 g/mol. The summed E-state index contributed by atoms with van der Waals surface area (Å²) in [5.74, 6) is -0.224. The second-order valence-electron chi connectivity index (χ2n) is 9.85. The van der Waals surface area contributed by atoms with E-state index in [-0.39, 0.29) is 18.8 Å². The Kier molecular flexibility index (Phi) is 8.68. The van der Waals surface area contributed by atoms with E-state index >= 15 is 0 Å². The Hall–Kier alpha value is -4.05. The Morgan fingerprint density at radius 2 is 2.02 bits per heavy atom. The van der Waals surface area contributed by atoms with Gasteiger partial charge >= 0.3 is 6.61 Å². The number of imidazole rings is 1. The molecule has 40 heavy (non-hydrogen) atoms. The van der Waals surface area contributed by atoms with Crippen LogP contribution in [0.25, 0.3) is 16.2 Å². The molecule has 4 N–H and O–H groups in total. The van der Waals surface area contributed by atoms with Gasteiger partial charge in [0.1, 0.15) is 29.3 Å². The second kappa shape index (κ2) is 12.0. The summed E-state index contributed by atoms with van der Waals surface area (Å²) in [6.07, 6.45) is 2.51. The number of halogens is 2. The van der Waals surface area contributed by atoms with Crippen molar-refractivity contribution in [3.8, 4) is 28.1 Å². The van der Waals surface area contributed by atoms with Crippen LogP contribution in [0.3, 0.4) is 0 Å². The van der Waals surface area contributed by atoms with E-state index in [4.69, 9.17) is 15.2 Å². The zero-order chi connectivity index (χ0) is 29.0. The van der Waals surface area contributed by atoms with Gasteiger partial charge < -0.3 is 25.6 Å². The van der Waals surface area contributed by atoms with Crippen LogP contribution in [-0.2, 0) is 17.8 Å². The van der Waals surface area contributed by atoms with Crippen LogP contribution in [0, 0.1) is 11.3 Å². The highest BCUT2D eigenvalue weighted by Crippen LogP contribution is 2.40. The lowest BCUT2D eigenvalue weighted by atomic mass is 10.0. The molecule has 0 radical (unpaired) electrons. The number of amides is 1. The lowest BCUT2D eigenvalue weighted by Gasteiger charge is -2.24. The summed E-state index contributed by atoms with van der Waals surface area (Å²) in [6.45, 7) is 2.52. The molecule has 0 bridgehead atoms. The summed E-state index contributed by atoms with van der Waals surface area (Å²) in [6, 6.07) is 12.2. The Morgan fingerprint density at radius 3 is 2.70 bits per heavy atom. The number of nitrogens with one attached hydrogen (secondary N) is 1. The zero-order valence-corrected chi connectivity index (χ0v) is 23.0. The average Bonchev–Trinajstić information content (AvgIpc) is 3.50. The number of hydrogen-bond donors (Lipinski definition) is 3. The number of benzene rings is 1. The number of hydrogen-bond acceptors (Lipinski definition) is 8. The third-order valence-corrected chi connectivity index (χ3v) is 7.33. The minimum Gasteiger partial charge on any atom is -0.485 e. The number of thiophene rings is 1. The van der Waals surface area contributed by atoms with E-state index in [9.17, 15) is 23.9 Å². The first-order valence-electron chi connectivity index (χ1n) is 12.4. The smallest absolute Gasteiger partial charge is 0.387 e. The zero-order valence-electron chi connectivity index (χ0n) is 22.1. The summed E-state index contributed by atoms with van der Waals surface area (Å²) in [4.78, 5) is 17.5. The molecule has 4 aromatic rings. The molecule has 210 valence electrons. The van der Waals surface area contributed by atoms with E-state index < -0.39 is 24.2 Å². The standard InChI is InChI=1S/C28H29F2N5O4S/c1-16(19-6-4-17(8-21(19)39-27(29)30)12-34-28(2,3)15-36)38-22-9-23(40-24(22)10-25(32)37)20-13-33-26-7-5-18(11-31)14-35(20)26/h4-9,13-14,16,27,34,36H,10,12,15H2,1-3H3,(H2,32,37)/t16-/m1/s1. The van der Waals surface area contributed by atoms with E-state index in [1.54, 1.807) is 54.0 Å². The third-order valence-electron chi connectivity index (χ3n) is 6.19. The predicted molar refractivity (Wildman–Crippen MR) is 146 cm³/mol. The van der Waals surface area contributed by atoms with Gasteiger partial charge in [0, 0.05) is 29.9 Å². The normalized spacial score (nSPS) is 12.4. The van der Waals surface area contributed by atoms with Crippen molar-refractivity contribution in [3.63, 3.8) is 0 Å². The van der Waals surface area contributed by atoms with Crippen LogP contribution in [0.2, 0.25) is 0 Å². The minimum atomic E-state index is -3.05. The van der Waals surface area contributed by atoms with Gasteiger partial charge in [0.05, 0.1) is 40.2 Å². The van der Waals surface area contributed by atoms with Gasteiger partial charge in [-0.1, -0.05) is 12.1 Å². The summed E-state index contributed by atoms with van der Waals surface area (Å²) in [5.41, 5.74) is 7.79. The molecule has 3 aromatic heterocycles. The number of alkyl halides is 2. The Morgan fingerprint density at radius 1 is 1.25 bits per heavy atom. The fraction of sp³-hybridized carbons (Fsp3) is 0.321. The van der Waals surface area contributed by atoms with Gasteiger partial charge in [-0.2, -0.15) is 14.0 Å². The van der Waals surface area contributed by atoms with E-state index in [1.165, 1.54) is 17.4 Å². The van der Waals surface area contributed by atoms with Gasteiger partial charge in [-0.15, -0.1) is 11.3 Å². The monoisotopic (exact) mass is 569 g/mol. The number of nitrogens with zero attached hydrogens (tertiary/aromatic N) is 3. The molecule has 0 spiro atoms. The molecule has 0 saturated heterocycles. The van der Waals surface area contributed by atoms with E-state index in [1.807, 2.05) is 13.8 Å². The van der Waals surface area contributed by atoms with Crippen molar-refractivity contribution in [2.75, 3.05) is 6.61 Å². The first-order chi connectivity index (χ1) is 19.0. The largest absolute Gasteiger partial charge is 0.485 e. The average molecular weight is 570 g/mol. The SMILES string of the molecule is C[C@@H](Oc1cc(-c2cnc3ccc(C#N)cn23)sc1CC(N)=O)c1ccc(CNC(C)(C)CO)cc1OC(F)F. The fourth-order valence-corrected chi connectivity index (χ4v) is 5.13. The molecule has 0 aliphatic heterocycles. The van der Waals surface area contributed by atoms with Gasteiger partial charge in [-0.05, 0) is 44.5 Å². The Bertz CT molecular complexity index is 1560. The number of carbonyl (C=O) groups is 1. The molecule has 0 aliphatic carbocycles. The molecule has 1 amide bonds. The fourth-order valence-electron chi connectivity index (χ4n) is 4.02. The maximum Gasteiger partial charge on any atom is 0.387 e. The maximum atomic E-state index is 13.3. The lowest BCUT2D eigenvalue weighted by Crippen LogP contribution is -2.42. The van der Waals surface area contributed by atoms with Gasteiger partial charge in [0.25, 0.3) is 0 Å². The van der Waals surface area contributed by atoms with Crippen LogP contribution in [0.5, 0.6) is 11.5 Å². The predicted octanol–water partition coefficient (Wildman–Crippen LogP) is 4.56. The molecule has 12 heteroatoms. The number of rotatable bonds is 12. The molecule has 0 fully saturated rings. The highest BCUT2D eigenvalue weighted by molar-refractivity contribution is 7.15. The number of ether oxygens (including phenoxy) is 2. The van der Waals surface area contributed by atoms with Gasteiger partial charge in [0.15, 0.2) is 0 Å². The van der Waals surface area contributed by atoms with E-state index in [2.05, 4.69) is 16.4 Å². The third kappa shape index (κ3) is 6.74. The van der Waals surface area contributed by atoms with E-state index in [0.29, 0.717) is 45.2 Å². The van der Waals surface area contributed by atoms with Gasteiger partial charge in [-0.3, -0.25) is 9.20 Å². The highest BCUT2D eigenvalue weighted by Gasteiger charge is 2.22. The topological polar surface area (TPSA) is 135 Å². The van der Waals surface area contributed by atoms with Crippen LogP contribution in [0.15, 0.2) is 48.8 Å². The molecule has 0 saturated carbocycles. The Labute approximate surface area is 233 Å². The number of aromatic nitrogens is 2. The number of aliphatic hydroxyl groups is 1. The van der Waals surface area contributed by atoms with E-state index in [0.717, 1.165) is 4.88 Å². The number of nitrogens with two attached hydrogens (primary N) is 1. The molecule has 0 aliphatic rings. The molecular formula is C28H29F2N5O4S. The van der Waals surface area contributed by atoms with Crippen molar-refractivity contribution in [1.29, 1.82) is 5.26 Å². The van der Waals surface area contributed by atoms with Gasteiger partial charge in [0.2, 0.25) is 5.91 Å². The number of fused-ring (bicyclic) bond motifs is 1. The van der Waals surface area contributed by atoms with Crippen LogP contribution >= 0.6 is 11.3 Å². The summed E-state index contributed by atoms with van der Waals surface area (Å²) in [5, 5.41) is 21.9. The number of nitriles is 1. The summed E-state index contributed by atoms with van der Waals surface area (Å²) >= 11 is 1.29. The maximum absolute atomic E-state index is 13.3. The quantitative estimate of drug-likeness (QED) is 0.228. The van der Waals surface area contributed by atoms with Crippen molar-refractivity contribution in [2.24, 2.45) is 5.73 Å². The molecule has 9 nitrogen and oxygen atoms in total. The van der Waals surface area contributed by atoms with Crippen molar-refractivity contribution >= 4 is 22.9 Å². The van der Waals surface area contributed by atoms with Crippen LogP contribution < -0.4 is 20.5 Å².